The summed E-state index contributed by atoms with van der Waals surface area (Å²) >= 11 is 7.47. The van der Waals surface area contributed by atoms with E-state index < -0.39 is 0 Å². The summed E-state index contributed by atoms with van der Waals surface area (Å²) < 4.78 is 0. The van der Waals surface area contributed by atoms with Crippen LogP contribution in [0.15, 0.2) is 35.0 Å². The molecule has 1 heterocycles. The first-order chi connectivity index (χ1) is 9.06. The summed E-state index contributed by atoms with van der Waals surface area (Å²) in [4.78, 5) is 22.8. The fraction of sp³-hybridized carbons (Fsp3) is 0.0769. The summed E-state index contributed by atoms with van der Waals surface area (Å²) in [6.45, 7) is 1.41. The number of halogens is 1. The highest BCUT2D eigenvalue weighted by Crippen LogP contribution is 2.25. The molecule has 2 amide bonds. The molecule has 0 spiro atoms. The van der Waals surface area contributed by atoms with Crippen molar-refractivity contribution in [2.45, 2.75) is 6.92 Å². The first kappa shape index (κ1) is 13.6. The number of amides is 2. The average Bonchev–Trinajstić information content (AvgIpc) is 2.86. The van der Waals surface area contributed by atoms with E-state index in [1.54, 1.807) is 29.6 Å². The Kier molecular flexibility index (Phi) is 4.19. The van der Waals surface area contributed by atoms with E-state index in [1.165, 1.54) is 18.3 Å². The highest BCUT2D eigenvalue weighted by Gasteiger charge is 2.08. The Balaban J connectivity index is 2.12. The largest absolute Gasteiger partial charge is 0.325 e. The van der Waals surface area contributed by atoms with Crippen molar-refractivity contribution in [3.05, 3.63) is 45.6 Å². The van der Waals surface area contributed by atoms with Gasteiger partial charge in [0.15, 0.2) is 0 Å². The molecule has 19 heavy (non-hydrogen) atoms. The van der Waals surface area contributed by atoms with Crippen molar-refractivity contribution in [3.8, 4) is 0 Å². The molecule has 2 rings (SSSR count). The van der Waals surface area contributed by atoms with Crippen LogP contribution >= 0.6 is 22.9 Å². The van der Waals surface area contributed by atoms with E-state index in [4.69, 9.17) is 11.6 Å². The molecule has 0 aliphatic rings. The van der Waals surface area contributed by atoms with E-state index in [0.717, 1.165) is 0 Å². The number of carbonyl (C=O) groups is 2. The second-order valence-electron chi connectivity index (χ2n) is 3.84. The van der Waals surface area contributed by atoms with Crippen molar-refractivity contribution in [3.63, 3.8) is 0 Å². The quantitative estimate of drug-likeness (QED) is 0.908. The van der Waals surface area contributed by atoms with Crippen LogP contribution in [0, 0.1) is 0 Å². The minimum atomic E-state index is -0.197. The predicted octanol–water partition coefficient (Wildman–Crippen LogP) is 3.61. The zero-order valence-electron chi connectivity index (χ0n) is 10.1. The lowest BCUT2D eigenvalue weighted by Crippen LogP contribution is -2.11. The Labute approximate surface area is 119 Å². The van der Waals surface area contributed by atoms with Crippen molar-refractivity contribution >= 4 is 46.1 Å². The van der Waals surface area contributed by atoms with Gasteiger partial charge in [-0.15, -0.1) is 0 Å². The molecule has 0 unspecified atom stereocenters. The number of hydrogen-bond acceptors (Lipinski definition) is 3. The molecule has 0 atom stereocenters. The average molecular weight is 295 g/mol. The summed E-state index contributed by atoms with van der Waals surface area (Å²) in [5, 5.41) is 9.31. The van der Waals surface area contributed by atoms with Gasteiger partial charge in [0.25, 0.3) is 5.91 Å². The Bertz CT molecular complexity index is 611. The van der Waals surface area contributed by atoms with Gasteiger partial charge in [-0.3, -0.25) is 9.59 Å². The van der Waals surface area contributed by atoms with Gasteiger partial charge in [-0.05, 0) is 29.6 Å². The van der Waals surface area contributed by atoms with Crippen molar-refractivity contribution in [2.75, 3.05) is 10.6 Å². The third kappa shape index (κ3) is 3.56. The number of hydrogen-bond donors (Lipinski definition) is 2. The molecule has 0 saturated carbocycles. The molecule has 2 aromatic rings. The van der Waals surface area contributed by atoms with Crippen molar-refractivity contribution < 1.29 is 9.59 Å². The molecule has 2 N–H and O–H groups in total. The second kappa shape index (κ2) is 5.86. The minimum Gasteiger partial charge on any atom is -0.325 e. The fourth-order valence-electron chi connectivity index (χ4n) is 1.48. The SMILES string of the molecule is CC(=O)Nc1ccc(NC(=O)c2ccsc2)cc1Cl. The molecular weight excluding hydrogens is 284 g/mol. The number of anilines is 2. The van der Waals surface area contributed by atoms with Crippen LogP contribution in [0.25, 0.3) is 0 Å². The Hall–Kier alpha value is -1.85. The van der Waals surface area contributed by atoms with E-state index in [2.05, 4.69) is 10.6 Å². The summed E-state index contributed by atoms with van der Waals surface area (Å²) in [6, 6.07) is 6.67. The number of nitrogens with one attached hydrogen (secondary N) is 2. The molecule has 0 radical (unpaired) electrons. The second-order valence-corrected chi connectivity index (χ2v) is 5.03. The Morgan fingerprint density at radius 3 is 2.58 bits per heavy atom. The van der Waals surface area contributed by atoms with E-state index in [1.807, 2.05) is 5.38 Å². The summed E-state index contributed by atoms with van der Waals surface area (Å²) in [5.41, 5.74) is 1.70. The molecule has 0 aliphatic carbocycles. The van der Waals surface area contributed by atoms with Crippen LogP contribution in [0.2, 0.25) is 5.02 Å². The van der Waals surface area contributed by atoms with Crippen molar-refractivity contribution in [1.29, 1.82) is 0 Å². The minimum absolute atomic E-state index is 0.190. The fourth-order valence-corrected chi connectivity index (χ4v) is 2.34. The van der Waals surface area contributed by atoms with E-state index in [-0.39, 0.29) is 11.8 Å². The standard InChI is InChI=1S/C13H11ClN2O2S/c1-8(17)15-12-3-2-10(6-11(12)14)16-13(18)9-4-5-19-7-9/h2-7H,1H3,(H,15,17)(H,16,18). The molecule has 0 saturated heterocycles. The summed E-state index contributed by atoms with van der Waals surface area (Å²) in [7, 11) is 0. The number of benzene rings is 1. The number of carbonyl (C=O) groups excluding carboxylic acids is 2. The maximum atomic E-state index is 11.8. The molecule has 0 fully saturated rings. The first-order valence-corrected chi connectivity index (χ1v) is 6.79. The normalized spacial score (nSPS) is 10.0. The van der Waals surface area contributed by atoms with Crippen LogP contribution in [0.3, 0.4) is 0 Å². The van der Waals surface area contributed by atoms with Gasteiger partial charge in [-0.1, -0.05) is 11.6 Å². The molecule has 0 aliphatic heterocycles. The van der Waals surface area contributed by atoms with Gasteiger partial charge in [-0.25, -0.2) is 0 Å². The maximum Gasteiger partial charge on any atom is 0.256 e. The monoisotopic (exact) mass is 294 g/mol. The molecule has 6 heteroatoms. The van der Waals surface area contributed by atoms with Gasteiger partial charge in [-0.2, -0.15) is 11.3 Å². The third-order valence-electron chi connectivity index (χ3n) is 2.32. The van der Waals surface area contributed by atoms with E-state index >= 15 is 0 Å². The van der Waals surface area contributed by atoms with Gasteiger partial charge in [0.1, 0.15) is 0 Å². The maximum absolute atomic E-state index is 11.8. The van der Waals surface area contributed by atoms with Crippen LogP contribution < -0.4 is 10.6 Å². The molecule has 0 bridgehead atoms. The van der Waals surface area contributed by atoms with Crippen LogP contribution in [0.5, 0.6) is 0 Å². The van der Waals surface area contributed by atoms with Crippen molar-refractivity contribution in [1.82, 2.24) is 0 Å². The van der Waals surface area contributed by atoms with Gasteiger partial charge in [0.2, 0.25) is 5.91 Å². The van der Waals surface area contributed by atoms with Gasteiger partial charge in [0, 0.05) is 18.0 Å². The molecule has 98 valence electrons. The van der Waals surface area contributed by atoms with Crippen LogP contribution in [-0.4, -0.2) is 11.8 Å². The zero-order valence-corrected chi connectivity index (χ0v) is 11.6. The predicted molar refractivity (Wildman–Crippen MR) is 78.0 cm³/mol. The van der Waals surface area contributed by atoms with Crippen LogP contribution in [0.1, 0.15) is 17.3 Å². The highest BCUT2D eigenvalue weighted by atomic mass is 35.5. The van der Waals surface area contributed by atoms with Crippen molar-refractivity contribution in [2.24, 2.45) is 0 Å². The topological polar surface area (TPSA) is 58.2 Å². The summed E-state index contributed by atoms with van der Waals surface area (Å²) in [5.74, 6) is -0.387. The Morgan fingerprint density at radius 1 is 1.21 bits per heavy atom. The molecule has 1 aromatic carbocycles. The van der Waals surface area contributed by atoms with Gasteiger partial charge < -0.3 is 10.6 Å². The van der Waals surface area contributed by atoms with Crippen LogP contribution in [0.4, 0.5) is 11.4 Å². The zero-order chi connectivity index (χ0) is 13.8. The highest BCUT2D eigenvalue weighted by molar-refractivity contribution is 7.08. The van der Waals surface area contributed by atoms with E-state index in [0.29, 0.717) is 22.0 Å². The molecule has 1 aromatic heterocycles. The molecule has 4 nitrogen and oxygen atoms in total. The lowest BCUT2D eigenvalue weighted by Gasteiger charge is -2.08. The van der Waals surface area contributed by atoms with E-state index in [9.17, 15) is 9.59 Å². The summed E-state index contributed by atoms with van der Waals surface area (Å²) in [6.07, 6.45) is 0. The van der Waals surface area contributed by atoms with Crippen LogP contribution in [-0.2, 0) is 4.79 Å². The van der Waals surface area contributed by atoms with Gasteiger partial charge >= 0.3 is 0 Å². The molecular formula is C13H11ClN2O2S. The number of rotatable bonds is 3. The number of thiophene rings is 1. The van der Waals surface area contributed by atoms with Gasteiger partial charge in [0.05, 0.1) is 16.3 Å². The third-order valence-corrected chi connectivity index (χ3v) is 3.32. The smallest absolute Gasteiger partial charge is 0.256 e. The lowest BCUT2D eigenvalue weighted by atomic mass is 10.2. The first-order valence-electron chi connectivity index (χ1n) is 5.47. The Morgan fingerprint density at radius 2 is 2.00 bits per heavy atom. The lowest BCUT2D eigenvalue weighted by molar-refractivity contribution is -0.114.